The van der Waals surface area contributed by atoms with Crippen molar-refractivity contribution in [2.24, 2.45) is 0 Å². The number of benzene rings is 1. The van der Waals surface area contributed by atoms with E-state index in [2.05, 4.69) is 15.3 Å². The second-order valence-corrected chi connectivity index (χ2v) is 6.51. The molecule has 25 heavy (non-hydrogen) atoms. The van der Waals surface area contributed by atoms with Gasteiger partial charge in [0.05, 0.1) is 18.1 Å². The summed E-state index contributed by atoms with van der Waals surface area (Å²) in [4.78, 5) is 20.8. The minimum absolute atomic E-state index is 0.100. The zero-order valence-corrected chi connectivity index (χ0v) is 14.2. The number of furan rings is 2. The lowest BCUT2D eigenvalue weighted by molar-refractivity contribution is -0.119. The van der Waals surface area contributed by atoms with Gasteiger partial charge in [-0.05, 0) is 31.2 Å². The van der Waals surface area contributed by atoms with Gasteiger partial charge in [0.1, 0.15) is 28.2 Å². The van der Waals surface area contributed by atoms with E-state index in [0.717, 1.165) is 22.2 Å². The van der Waals surface area contributed by atoms with E-state index in [4.69, 9.17) is 8.83 Å². The molecule has 0 saturated heterocycles. The number of para-hydroxylation sites is 1. The van der Waals surface area contributed by atoms with Crippen LogP contribution in [-0.4, -0.2) is 21.6 Å². The van der Waals surface area contributed by atoms with Crippen molar-refractivity contribution in [2.45, 2.75) is 18.0 Å². The van der Waals surface area contributed by atoms with Crippen LogP contribution in [0, 0.1) is 0 Å². The number of thioether (sulfide) groups is 1. The van der Waals surface area contributed by atoms with Gasteiger partial charge in [0, 0.05) is 5.39 Å². The highest BCUT2D eigenvalue weighted by molar-refractivity contribution is 8.00. The Labute approximate surface area is 147 Å². The van der Waals surface area contributed by atoms with Crippen LogP contribution in [0.25, 0.3) is 22.1 Å². The van der Waals surface area contributed by atoms with Crippen LogP contribution in [0.2, 0.25) is 0 Å². The molecule has 1 aromatic carbocycles. The maximum Gasteiger partial charge on any atom is 0.231 e. The van der Waals surface area contributed by atoms with Crippen LogP contribution in [0.15, 0.2) is 62.8 Å². The molecule has 7 heteroatoms. The van der Waals surface area contributed by atoms with Gasteiger partial charge in [-0.25, -0.2) is 9.97 Å². The fourth-order valence-corrected chi connectivity index (χ4v) is 3.37. The number of rotatable bonds is 5. The lowest BCUT2D eigenvalue weighted by Gasteiger charge is -2.10. The highest BCUT2D eigenvalue weighted by Gasteiger charge is 2.16. The third-order valence-electron chi connectivity index (χ3n) is 3.81. The van der Waals surface area contributed by atoms with Crippen molar-refractivity contribution >= 4 is 39.7 Å². The van der Waals surface area contributed by atoms with E-state index >= 15 is 0 Å². The SMILES string of the molecule is C[C@H](NC(=O)CSc1ncnc2c1oc1ccccc12)c1ccco1. The van der Waals surface area contributed by atoms with Crippen molar-refractivity contribution in [1.82, 2.24) is 15.3 Å². The van der Waals surface area contributed by atoms with Crippen molar-refractivity contribution < 1.29 is 13.6 Å². The Bertz CT molecular complexity index is 1030. The third kappa shape index (κ3) is 3.10. The third-order valence-corrected chi connectivity index (χ3v) is 4.78. The number of aromatic nitrogens is 2. The molecular formula is C18H15N3O3S. The zero-order chi connectivity index (χ0) is 17.2. The summed E-state index contributed by atoms with van der Waals surface area (Å²) in [5.74, 6) is 0.852. The summed E-state index contributed by atoms with van der Waals surface area (Å²) in [6.45, 7) is 1.88. The fraction of sp³-hybridized carbons (Fsp3) is 0.167. The van der Waals surface area contributed by atoms with Crippen LogP contribution >= 0.6 is 11.8 Å². The van der Waals surface area contributed by atoms with Gasteiger partial charge in [-0.2, -0.15) is 0 Å². The normalized spacial score (nSPS) is 12.5. The summed E-state index contributed by atoms with van der Waals surface area (Å²) in [6.07, 6.45) is 3.09. The van der Waals surface area contributed by atoms with Gasteiger partial charge in [-0.1, -0.05) is 23.9 Å². The van der Waals surface area contributed by atoms with Gasteiger partial charge in [0.25, 0.3) is 0 Å². The Balaban J connectivity index is 1.50. The molecule has 0 aliphatic carbocycles. The molecule has 0 saturated carbocycles. The number of carbonyl (C=O) groups is 1. The van der Waals surface area contributed by atoms with E-state index in [9.17, 15) is 4.79 Å². The predicted octanol–water partition coefficient (Wildman–Crippen LogP) is 3.94. The largest absolute Gasteiger partial charge is 0.467 e. The van der Waals surface area contributed by atoms with Gasteiger partial charge >= 0.3 is 0 Å². The van der Waals surface area contributed by atoms with Crippen molar-refractivity contribution in [2.75, 3.05) is 5.75 Å². The zero-order valence-electron chi connectivity index (χ0n) is 13.4. The van der Waals surface area contributed by atoms with Gasteiger partial charge < -0.3 is 14.2 Å². The Kier molecular flexibility index (Phi) is 4.15. The van der Waals surface area contributed by atoms with E-state index in [1.165, 1.54) is 18.1 Å². The first-order chi connectivity index (χ1) is 12.2. The monoisotopic (exact) mass is 353 g/mol. The molecule has 0 unspecified atom stereocenters. The first kappa shape index (κ1) is 15.7. The van der Waals surface area contributed by atoms with Gasteiger partial charge in [-0.15, -0.1) is 0 Å². The Hall–Kier alpha value is -2.80. The van der Waals surface area contributed by atoms with Crippen LogP contribution in [-0.2, 0) is 4.79 Å². The number of nitrogens with zero attached hydrogens (tertiary/aromatic N) is 2. The summed E-state index contributed by atoms with van der Waals surface area (Å²) in [6, 6.07) is 11.2. The Morgan fingerprint density at radius 3 is 2.96 bits per heavy atom. The second kappa shape index (κ2) is 6.60. The summed E-state index contributed by atoms with van der Waals surface area (Å²) in [5.41, 5.74) is 2.13. The molecule has 1 amide bonds. The first-order valence-electron chi connectivity index (χ1n) is 7.80. The molecule has 0 radical (unpaired) electrons. The van der Waals surface area contributed by atoms with E-state index in [0.29, 0.717) is 10.6 Å². The predicted molar refractivity (Wildman–Crippen MR) is 95.3 cm³/mol. The summed E-state index contributed by atoms with van der Waals surface area (Å²) >= 11 is 1.32. The molecule has 4 rings (SSSR count). The molecule has 0 spiro atoms. The number of amides is 1. The minimum atomic E-state index is -0.181. The number of fused-ring (bicyclic) bond motifs is 3. The highest BCUT2D eigenvalue weighted by Crippen LogP contribution is 2.32. The van der Waals surface area contributed by atoms with E-state index in [-0.39, 0.29) is 17.7 Å². The maximum atomic E-state index is 12.2. The Morgan fingerprint density at radius 1 is 1.24 bits per heavy atom. The quantitative estimate of drug-likeness (QED) is 0.432. The van der Waals surface area contributed by atoms with Crippen molar-refractivity contribution in [3.8, 4) is 0 Å². The summed E-state index contributed by atoms with van der Waals surface area (Å²) in [5, 5.41) is 4.50. The number of hydrogen-bond acceptors (Lipinski definition) is 6. The second-order valence-electron chi connectivity index (χ2n) is 5.55. The number of hydrogen-bond donors (Lipinski definition) is 1. The molecule has 4 aromatic rings. The molecule has 1 atom stereocenters. The topological polar surface area (TPSA) is 81.2 Å². The van der Waals surface area contributed by atoms with Crippen molar-refractivity contribution in [3.05, 3.63) is 54.7 Å². The molecule has 126 valence electrons. The fourth-order valence-electron chi connectivity index (χ4n) is 2.63. The van der Waals surface area contributed by atoms with Crippen LogP contribution in [0.4, 0.5) is 0 Å². The van der Waals surface area contributed by atoms with Crippen molar-refractivity contribution in [3.63, 3.8) is 0 Å². The average Bonchev–Trinajstić information content (AvgIpc) is 3.28. The highest BCUT2D eigenvalue weighted by atomic mass is 32.2. The molecule has 0 aliphatic rings. The van der Waals surface area contributed by atoms with Crippen molar-refractivity contribution in [1.29, 1.82) is 0 Å². The summed E-state index contributed by atoms with van der Waals surface area (Å²) in [7, 11) is 0. The smallest absolute Gasteiger partial charge is 0.231 e. The number of carbonyl (C=O) groups excluding carboxylic acids is 1. The molecule has 6 nitrogen and oxygen atoms in total. The van der Waals surface area contributed by atoms with E-state index < -0.39 is 0 Å². The van der Waals surface area contributed by atoms with Crippen LogP contribution in [0.3, 0.4) is 0 Å². The maximum absolute atomic E-state index is 12.2. The minimum Gasteiger partial charge on any atom is -0.467 e. The molecule has 0 bridgehead atoms. The lowest BCUT2D eigenvalue weighted by atomic mass is 10.2. The van der Waals surface area contributed by atoms with Gasteiger partial charge in [0.2, 0.25) is 5.91 Å². The number of nitrogens with one attached hydrogen (secondary N) is 1. The first-order valence-corrected chi connectivity index (χ1v) is 8.79. The standard InChI is InChI=1S/C18H15N3O3S/c1-11(13-7-4-8-23-13)21-15(22)9-25-18-17-16(19-10-20-18)12-5-2-3-6-14(12)24-17/h2-8,10-11H,9H2,1H3,(H,21,22)/t11-/m0/s1. The van der Waals surface area contributed by atoms with Gasteiger partial charge in [-0.3, -0.25) is 4.79 Å². The molecule has 1 N–H and O–H groups in total. The summed E-state index contributed by atoms with van der Waals surface area (Å²) < 4.78 is 11.2. The lowest BCUT2D eigenvalue weighted by Crippen LogP contribution is -2.27. The molecule has 3 aromatic heterocycles. The average molecular weight is 353 g/mol. The van der Waals surface area contributed by atoms with Crippen LogP contribution < -0.4 is 5.32 Å². The molecule has 0 fully saturated rings. The molecule has 0 aliphatic heterocycles. The van der Waals surface area contributed by atoms with Crippen LogP contribution in [0.5, 0.6) is 0 Å². The van der Waals surface area contributed by atoms with E-state index in [1.54, 1.807) is 12.3 Å². The van der Waals surface area contributed by atoms with Crippen LogP contribution in [0.1, 0.15) is 18.7 Å². The molecular weight excluding hydrogens is 338 g/mol. The Morgan fingerprint density at radius 2 is 2.12 bits per heavy atom. The molecule has 3 heterocycles. The van der Waals surface area contributed by atoms with E-state index in [1.807, 2.05) is 37.3 Å². The van der Waals surface area contributed by atoms with Gasteiger partial charge in [0.15, 0.2) is 5.58 Å².